The molecule has 3 N–H and O–H groups in total. The first-order valence-electron chi connectivity index (χ1n) is 6.93. The van der Waals surface area contributed by atoms with Crippen LogP contribution in [0.15, 0.2) is 6.07 Å². The quantitative estimate of drug-likeness (QED) is 0.819. The highest BCUT2D eigenvalue weighted by atomic mass is 15.2. The van der Waals surface area contributed by atoms with Gasteiger partial charge in [-0.2, -0.15) is 0 Å². The lowest BCUT2D eigenvalue weighted by Crippen LogP contribution is -2.37. The Kier molecular flexibility index (Phi) is 3.94. The Morgan fingerprint density at radius 3 is 2.68 bits per heavy atom. The van der Waals surface area contributed by atoms with Gasteiger partial charge in [-0.3, -0.25) is 0 Å². The van der Waals surface area contributed by atoms with Gasteiger partial charge in [-0.15, -0.1) is 0 Å². The van der Waals surface area contributed by atoms with E-state index < -0.39 is 0 Å². The number of nitrogens with zero attached hydrogens (tertiary/aromatic N) is 3. The van der Waals surface area contributed by atoms with Gasteiger partial charge < -0.3 is 16.0 Å². The standard InChI is InChI=1S/C14H25N5/c1-10-16-12(18-11-5-6-11)7-13(17-10)19(4)9-14(2,3)8-15/h7,11H,5-6,8-9,15H2,1-4H3,(H,16,17,18). The molecule has 1 saturated carbocycles. The van der Waals surface area contributed by atoms with Crippen LogP contribution in [0.2, 0.25) is 0 Å². The van der Waals surface area contributed by atoms with Crippen LogP contribution in [0.4, 0.5) is 11.6 Å². The van der Waals surface area contributed by atoms with E-state index in [4.69, 9.17) is 5.73 Å². The summed E-state index contributed by atoms with van der Waals surface area (Å²) in [7, 11) is 2.06. The fourth-order valence-electron chi connectivity index (χ4n) is 2.05. The van der Waals surface area contributed by atoms with Crippen LogP contribution >= 0.6 is 0 Å². The van der Waals surface area contributed by atoms with Crippen molar-refractivity contribution < 1.29 is 0 Å². The summed E-state index contributed by atoms with van der Waals surface area (Å²) in [6, 6.07) is 2.63. The van der Waals surface area contributed by atoms with Gasteiger partial charge in [0.2, 0.25) is 0 Å². The summed E-state index contributed by atoms with van der Waals surface area (Å²) in [5, 5.41) is 3.43. The van der Waals surface area contributed by atoms with Crippen molar-refractivity contribution in [3.8, 4) is 0 Å². The molecule has 0 amide bonds. The van der Waals surface area contributed by atoms with Crippen molar-refractivity contribution in [2.24, 2.45) is 11.1 Å². The van der Waals surface area contributed by atoms with Crippen LogP contribution in [0.25, 0.3) is 0 Å². The zero-order valence-electron chi connectivity index (χ0n) is 12.4. The van der Waals surface area contributed by atoms with E-state index in [0.29, 0.717) is 12.6 Å². The summed E-state index contributed by atoms with van der Waals surface area (Å²) < 4.78 is 0. The smallest absolute Gasteiger partial charge is 0.134 e. The molecule has 106 valence electrons. The summed E-state index contributed by atoms with van der Waals surface area (Å²) in [5.74, 6) is 2.69. The van der Waals surface area contributed by atoms with Crippen LogP contribution in [0.5, 0.6) is 0 Å². The molecule has 0 aromatic carbocycles. The van der Waals surface area contributed by atoms with Gasteiger partial charge in [0.25, 0.3) is 0 Å². The van der Waals surface area contributed by atoms with Crippen LogP contribution < -0.4 is 16.0 Å². The van der Waals surface area contributed by atoms with E-state index in [9.17, 15) is 0 Å². The number of rotatable bonds is 6. The van der Waals surface area contributed by atoms with Crippen molar-refractivity contribution in [1.29, 1.82) is 0 Å². The molecule has 1 heterocycles. The average Bonchev–Trinajstić information content (AvgIpc) is 3.11. The molecule has 1 aliphatic carbocycles. The molecule has 0 aliphatic heterocycles. The van der Waals surface area contributed by atoms with E-state index in [1.54, 1.807) is 0 Å². The summed E-state index contributed by atoms with van der Waals surface area (Å²) in [4.78, 5) is 11.1. The van der Waals surface area contributed by atoms with Gasteiger partial charge in [-0.05, 0) is 31.7 Å². The second kappa shape index (κ2) is 5.33. The Morgan fingerprint density at radius 1 is 1.42 bits per heavy atom. The van der Waals surface area contributed by atoms with Crippen LogP contribution in [-0.4, -0.2) is 36.1 Å². The summed E-state index contributed by atoms with van der Waals surface area (Å²) in [6.07, 6.45) is 2.49. The first-order chi connectivity index (χ1) is 8.89. The van der Waals surface area contributed by atoms with Crippen LogP contribution in [0.3, 0.4) is 0 Å². The molecular formula is C14H25N5. The van der Waals surface area contributed by atoms with Crippen LogP contribution in [-0.2, 0) is 0 Å². The van der Waals surface area contributed by atoms with E-state index in [1.807, 2.05) is 13.0 Å². The molecule has 1 aliphatic rings. The second-order valence-corrected chi connectivity index (χ2v) is 6.30. The molecule has 1 fully saturated rings. The topological polar surface area (TPSA) is 67.1 Å². The first kappa shape index (κ1) is 14.1. The van der Waals surface area contributed by atoms with E-state index in [-0.39, 0.29) is 5.41 Å². The Balaban J connectivity index is 2.11. The highest BCUT2D eigenvalue weighted by Crippen LogP contribution is 2.26. The second-order valence-electron chi connectivity index (χ2n) is 6.30. The summed E-state index contributed by atoms with van der Waals surface area (Å²) in [6.45, 7) is 7.81. The highest BCUT2D eigenvalue weighted by molar-refractivity contribution is 5.50. The number of nitrogens with two attached hydrogens (primary N) is 1. The molecule has 19 heavy (non-hydrogen) atoms. The maximum atomic E-state index is 5.79. The fraction of sp³-hybridized carbons (Fsp3) is 0.714. The third-order valence-electron chi connectivity index (χ3n) is 3.36. The van der Waals surface area contributed by atoms with E-state index in [0.717, 1.165) is 24.0 Å². The minimum absolute atomic E-state index is 0.0810. The molecule has 2 rings (SSSR count). The minimum Gasteiger partial charge on any atom is -0.367 e. The van der Waals surface area contributed by atoms with E-state index >= 15 is 0 Å². The molecule has 0 spiro atoms. The Bertz CT molecular complexity index is 439. The van der Waals surface area contributed by atoms with Gasteiger partial charge >= 0.3 is 0 Å². The van der Waals surface area contributed by atoms with E-state index in [1.165, 1.54) is 12.8 Å². The first-order valence-corrected chi connectivity index (χ1v) is 6.93. The van der Waals surface area contributed by atoms with Gasteiger partial charge in [-0.1, -0.05) is 13.8 Å². The molecular weight excluding hydrogens is 238 g/mol. The summed E-state index contributed by atoms with van der Waals surface area (Å²) in [5.41, 5.74) is 5.88. The Labute approximate surface area is 115 Å². The zero-order chi connectivity index (χ0) is 14.0. The van der Waals surface area contributed by atoms with Gasteiger partial charge in [0, 0.05) is 25.7 Å². The van der Waals surface area contributed by atoms with Crippen LogP contribution in [0.1, 0.15) is 32.5 Å². The van der Waals surface area contributed by atoms with Crippen molar-refractivity contribution in [1.82, 2.24) is 9.97 Å². The summed E-state index contributed by atoms with van der Waals surface area (Å²) >= 11 is 0. The van der Waals surface area contributed by atoms with Crippen LogP contribution in [0, 0.1) is 12.3 Å². The molecule has 1 aromatic heterocycles. The third-order valence-corrected chi connectivity index (χ3v) is 3.36. The number of aromatic nitrogens is 2. The molecule has 5 heteroatoms. The number of hydrogen-bond donors (Lipinski definition) is 2. The predicted molar refractivity (Wildman–Crippen MR) is 79.5 cm³/mol. The molecule has 0 bridgehead atoms. The lowest BCUT2D eigenvalue weighted by molar-refractivity contribution is 0.384. The maximum absolute atomic E-state index is 5.79. The highest BCUT2D eigenvalue weighted by Gasteiger charge is 2.23. The van der Waals surface area contributed by atoms with Crippen molar-refractivity contribution in [2.75, 3.05) is 30.4 Å². The molecule has 0 atom stereocenters. The van der Waals surface area contributed by atoms with Crippen molar-refractivity contribution in [3.05, 3.63) is 11.9 Å². The number of aryl methyl sites for hydroxylation is 1. The monoisotopic (exact) mass is 263 g/mol. The SMILES string of the molecule is Cc1nc(NC2CC2)cc(N(C)CC(C)(C)CN)n1. The lowest BCUT2D eigenvalue weighted by atomic mass is 9.93. The van der Waals surface area contributed by atoms with Crippen molar-refractivity contribution in [2.45, 2.75) is 39.7 Å². The Hall–Kier alpha value is -1.36. The minimum atomic E-state index is 0.0810. The van der Waals surface area contributed by atoms with Gasteiger partial charge in [-0.25, -0.2) is 9.97 Å². The van der Waals surface area contributed by atoms with E-state index in [2.05, 4.69) is 41.1 Å². The predicted octanol–water partition coefficient (Wildman–Crippen LogP) is 1.78. The number of hydrogen-bond acceptors (Lipinski definition) is 5. The van der Waals surface area contributed by atoms with Gasteiger partial charge in [0.1, 0.15) is 17.5 Å². The average molecular weight is 263 g/mol. The maximum Gasteiger partial charge on any atom is 0.134 e. The third kappa shape index (κ3) is 4.06. The normalized spacial score (nSPS) is 15.4. The van der Waals surface area contributed by atoms with Gasteiger partial charge in [0.05, 0.1) is 0 Å². The lowest BCUT2D eigenvalue weighted by Gasteiger charge is -2.30. The van der Waals surface area contributed by atoms with Crippen molar-refractivity contribution >= 4 is 11.6 Å². The van der Waals surface area contributed by atoms with Crippen molar-refractivity contribution in [3.63, 3.8) is 0 Å². The number of nitrogens with one attached hydrogen (secondary N) is 1. The van der Waals surface area contributed by atoms with Gasteiger partial charge in [0.15, 0.2) is 0 Å². The molecule has 0 saturated heterocycles. The molecule has 0 radical (unpaired) electrons. The molecule has 1 aromatic rings. The molecule has 5 nitrogen and oxygen atoms in total. The Morgan fingerprint density at radius 2 is 2.11 bits per heavy atom. The fourth-order valence-corrected chi connectivity index (χ4v) is 2.05. The largest absolute Gasteiger partial charge is 0.367 e. The molecule has 0 unspecified atom stereocenters. The zero-order valence-corrected chi connectivity index (χ0v) is 12.4. The number of anilines is 2.